The Hall–Kier alpha value is -1.71. The van der Waals surface area contributed by atoms with E-state index in [1.54, 1.807) is 11.0 Å². The second-order valence-corrected chi connectivity index (χ2v) is 3.65. The van der Waals surface area contributed by atoms with Gasteiger partial charge in [-0.3, -0.25) is 4.90 Å². The molecule has 1 aromatic rings. The van der Waals surface area contributed by atoms with Crippen molar-refractivity contribution in [1.29, 1.82) is 0 Å². The minimum atomic E-state index is -0.402. The number of primary amides is 1. The fraction of sp³-hybridized carbons (Fsp3) is 0.300. The van der Waals surface area contributed by atoms with Crippen molar-refractivity contribution in [1.82, 2.24) is 0 Å². The highest BCUT2D eigenvalue weighted by Crippen LogP contribution is 2.32. The number of carbonyl (C=O) groups is 1. The molecule has 1 aliphatic rings. The van der Waals surface area contributed by atoms with Gasteiger partial charge in [0, 0.05) is 17.4 Å². The molecule has 0 saturated carbocycles. The van der Waals surface area contributed by atoms with Crippen LogP contribution in [0.2, 0.25) is 0 Å². The van der Waals surface area contributed by atoms with E-state index in [0.29, 0.717) is 0 Å². The van der Waals surface area contributed by atoms with Crippen molar-refractivity contribution in [3.8, 4) is 0 Å². The van der Waals surface area contributed by atoms with Crippen molar-refractivity contribution in [2.45, 2.75) is 19.4 Å². The maximum atomic E-state index is 11.2. The van der Waals surface area contributed by atoms with Gasteiger partial charge in [-0.1, -0.05) is 0 Å². The van der Waals surface area contributed by atoms with E-state index in [4.69, 9.17) is 11.5 Å². The molecule has 0 radical (unpaired) electrons. The average molecular weight is 191 g/mol. The molecule has 74 valence electrons. The Morgan fingerprint density at radius 1 is 1.57 bits per heavy atom. The van der Waals surface area contributed by atoms with Gasteiger partial charge in [0.2, 0.25) is 0 Å². The van der Waals surface area contributed by atoms with Gasteiger partial charge in [0.15, 0.2) is 0 Å². The number of fused-ring (bicyclic) bond motifs is 1. The summed E-state index contributed by atoms with van der Waals surface area (Å²) in [6.07, 6.45) is 0.823. The number of hydrogen-bond donors (Lipinski definition) is 2. The van der Waals surface area contributed by atoms with Crippen LogP contribution in [0.25, 0.3) is 0 Å². The largest absolute Gasteiger partial charge is 0.399 e. The maximum Gasteiger partial charge on any atom is 0.319 e. The number of hydrogen-bond acceptors (Lipinski definition) is 2. The minimum Gasteiger partial charge on any atom is -0.399 e. The third-order valence-corrected chi connectivity index (χ3v) is 2.56. The van der Waals surface area contributed by atoms with Gasteiger partial charge >= 0.3 is 6.03 Å². The molecule has 0 aliphatic carbocycles. The van der Waals surface area contributed by atoms with Crippen LogP contribution in [-0.2, 0) is 6.42 Å². The predicted molar refractivity (Wildman–Crippen MR) is 56.1 cm³/mol. The molecule has 1 atom stereocenters. The number of rotatable bonds is 0. The molecule has 4 N–H and O–H groups in total. The standard InChI is InChI=1S/C10H13N3O/c1-6-4-7-5-8(11)2-3-9(7)13(6)10(12)14/h2-3,5-6H,4,11H2,1H3,(H2,12,14). The van der Waals surface area contributed by atoms with Gasteiger partial charge in [-0.2, -0.15) is 0 Å². The summed E-state index contributed by atoms with van der Waals surface area (Å²) in [4.78, 5) is 12.8. The molecule has 1 aliphatic heterocycles. The Bertz CT molecular complexity index is 389. The Labute approximate surface area is 82.5 Å². The molecule has 1 heterocycles. The van der Waals surface area contributed by atoms with Crippen LogP contribution in [0, 0.1) is 0 Å². The fourth-order valence-corrected chi connectivity index (χ4v) is 1.99. The van der Waals surface area contributed by atoms with Gasteiger partial charge in [-0.25, -0.2) is 4.79 Å². The molecule has 2 amide bonds. The molecule has 4 heteroatoms. The summed E-state index contributed by atoms with van der Waals surface area (Å²) in [5.74, 6) is 0. The molecule has 0 spiro atoms. The molecule has 0 saturated heterocycles. The normalized spacial score (nSPS) is 19.5. The van der Waals surface area contributed by atoms with Crippen molar-refractivity contribution in [3.05, 3.63) is 23.8 Å². The predicted octanol–water partition coefficient (Wildman–Crippen LogP) is 1.10. The van der Waals surface area contributed by atoms with Gasteiger partial charge in [0.25, 0.3) is 0 Å². The third-order valence-electron chi connectivity index (χ3n) is 2.56. The zero-order chi connectivity index (χ0) is 10.3. The molecule has 1 aromatic carbocycles. The van der Waals surface area contributed by atoms with Gasteiger partial charge in [-0.15, -0.1) is 0 Å². The highest BCUT2D eigenvalue weighted by Gasteiger charge is 2.29. The van der Waals surface area contributed by atoms with Crippen LogP contribution in [0.4, 0.5) is 16.2 Å². The molecule has 4 nitrogen and oxygen atoms in total. The van der Waals surface area contributed by atoms with E-state index in [-0.39, 0.29) is 6.04 Å². The lowest BCUT2D eigenvalue weighted by atomic mass is 10.1. The molecule has 1 unspecified atom stereocenters. The second-order valence-electron chi connectivity index (χ2n) is 3.65. The van der Waals surface area contributed by atoms with Gasteiger partial charge < -0.3 is 11.5 Å². The van der Waals surface area contributed by atoms with Gasteiger partial charge in [0.05, 0.1) is 0 Å². The average Bonchev–Trinajstić information content (AvgIpc) is 2.39. The van der Waals surface area contributed by atoms with Crippen LogP contribution in [0.5, 0.6) is 0 Å². The number of benzene rings is 1. The number of nitrogens with two attached hydrogens (primary N) is 2. The van der Waals surface area contributed by atoms with E-state index in [0.717, 1.165) is 23.4 Å². The highest BCUT2D eigenvalue weighted by molar-refractivity contribution is 5.94. The number of nitrogens with zero attached hydrogens (tertiary/aromatic N) is 1. The van der Waals surface area contributed by atoms with Crippen molar-refractivity contribution in [2.75, 3.05) is 10.6 Å². The summed E-state index contributed by atoms with van der Waals surface area (Å²) < 4.78 is 0. The lowest BCUT2D eigenvalue weighted by Gasteiger charge is -2.19. The van der Waals surface area contributed by atoms with Crippen LogP contribution in [0.3, 0.4) is 0 Å². The summed E-state index contributed by atoms with van der Waals surface area (Å²) >= 11 is 0. The minimum absolute atomic E-state index is 0.129. The van der Waals surface area contributed by atoms with Gasteiger partial charge in [0.1, 0.15) is 0 Å². The fourth-order valence-electron chi connectivity index (χ4n) is 1.99. The first-order valence-corrected chi connectivity index (χ1v) is 4.56. The molecular weight excluding hydrogens is 178 g/mol. The number of nitrogen functional groups attached to an aromatic ring is 1. The SMILES string of the molecule is CC1Cc2cc(N)ccc2N1C(N)=O. The van der Waals surface area contributed by atoms with E-state index < -0.39 is 6.03 Å². The molecule has 0 fully saturated rings. The summed E-state index contributed by atoms with van der Waals surface area (Å²) in [7, 11) is 0. The van der Waals surface area contributed by atoms with Crippen molar-refractivity contribution in [2.24, 2.45) is 5.73 Å². The molecule has 0 bridgehead atoms. The third kappa shape index (κ3) is 1.19. The highest BCUT2D eigenvalue weighted by atomic mass is 16.2. The van der Waals surface area contributed by atoms with Crippen molar-refractivity contribution >= 4 is 17.4 Å². The van der Waals surface area contributed by atoms with Crippen molar-refractivity contribution < 1.29 is 4.79 Å². The quantitative estimate of drug-likeness (QED) is 0.603. The van der Waals surface area contributed by atoms with Crippen LogP contribution < -0.4 is 16.4 Å². The Morgan fingerprint density at radius 2 is 2.29 bits per heavy atom. The second kappa shape index (κ2) is 2.90. The zero-order valence-electron chi connectivity index (χ0n) is 8.03. The number of carbonyl (C=O) groups excluding carboxylic acids is 1. The summed E-state index contributed by atoms with van der Waals surface area (Å²) in [5.41, 5.74) is 13.7. The van der Waals surface area contributed by atoms with E-state index in [2.05, 4.69) is 0 Å². The molecular formula is C10H13N3O. The molecule has 0 aromatic heterocycles. The first kappa shape index (κ1) is 8.87. The monoisotopic (exact) mass is 191 g/mol. The number of urea groups is 1. The van der Waals surface area contributed by atoms with E-state index in [1.165, 1.54) is 0 Å². The summed E-state index contributed by atoms with van der Waals surface area (Å²) in [6.45, 7) is 1.97. The van der Waals surface area contributed by atoms with Crippen LogP contribution in [0.15, 0.2) is 18.2 Å². The first-order valence-electron chi connectivity index (χ1n) is 4.56. The van der Waals surface area contributed by atoms with E-state index >= 15 is 0 Å². The number of amides is 2. The lowest BCUT2D eigenvalue weighted by molar-refractivity contribution is 0.253. The number of anilines is 2. The van der Waals surface area contributed by atoms with Crippen LogP contribution >= 0.6 is 0 Å². The van der Waals surface area contributed by atoms with Gasteiger partial charge in [-0.05, 0) is 37.1 Å². The van der Waals surface area contributed by atoms with E-state index in [1.807, 2.05) is 19.1 Å². The Morgan fingerprint density at radius 3 is 2.93 bits per heavy atom. The summed E-state index contributed by atoms with van der Waals surface area (Å²) in [5, 5.41) is 0. The first-order chi connectivity index (χ1) is 6.59. The van der Waals surface area contributed by atoms with Crippen molar-refractivity contribution in [3.63, 3.8) is 0 Å². The maximum absolute atomic E-state index is 11.2. The Balaban J connectivity index is 2.48. The van der Waals surface area contributed by atoms with Crippen LogP contribution in [-0.4, -0.2) is 12.1 Å². The molecule has 2 rings (SSSR count). The lowest BCUT2D eigenvalue weighted by Crippen LogP contribution is -2.39. The van der Waals surface area contributed by atoms with E-state index in [9.17, 15) is 4.79 Å². The smallest absolute Gasteiger partial charge is 0.319 e. The summed E-state index contributed by atoms with van der Waals surface area (Å²) in [6, 6.07) is 5.26. The molecule has 14 heavy (non-hydrogen) atoms. The zero-order valence-corrected chi connectivity index (χ0v) is 8.03. The Kier molecular flexibility index (Phi) is 1.84. The van der Waals surface area contributed by atoms with Crippen LogP contribution in [0.1, 0.15) is 12.5 Å². The topological polar surface area (TPSA) is 72.3 Å².